The third kappa shape index (κ3) is 4.64. The normalized spacial score (nSPS) is 14.7. The number of aryl methyl sites for hydroxylation is 1. The molecule has 0 spiro atoms. The van der Waals surface area contributed by atoms with E-state index in [0.717, 1.165) is 5.56 Å². The van der Waals surface area contributed by atoms with Gasteiger partial charge in [0, 0.05) is 38.8 Å². The molecule has 0 bridgehead atoms. The molecular weight excluding hydrogens is 351 g/mol. The van der Waals surface area contributed by atoms with Gasteiger partial charge in [-0.25, -0.2) is 4.39 Å². The monoisotopic (exact) mass is 374 g/mol. The quantitative estimate of drug-likeness (QED) is 0.867. The number of aromatic nitrogens is 2. The van der Waals surface area contributed by atoms with Crippen molar-refractivity contribution in [1.29, 1.82) is 0 Å². The molecule has 0 unspecified atom stereocenters. The first-order valence-corrected chi connectivity index (χ1v) is 8.96. The van der Waals surface area contributed by atoms with Crippen LogP contribution in [0.4, 0.5) is 4.39 Å². The molecule has 1 aliphatic heterocycles. The molecule has 144 valence electrons. The van der Waals surface area contributed by atoms with Gasteiger partial charge >= 0.3 is 0 Å². The molecule has 1 aliphatic rings. The number of nitrogens with one attached hydrogen (secondary N) is 1. The summed E-state index contributed by atoms with van der Waals surface area (Å²) in [6.07, 6.45) is 5.21. The zero-order chi connectivity index (χ0) is 19.2. The van der Waals surface area contributed by atoms with E-state index in [9.17, 15) is 14.0 Å². The van der Waals surface area contributed by atoms with E-state index in [1.807, 2.05) is 0 Å². The summed E-state index contributed by atoms with van der Waals surface area (Å²) in [7, 11) is 1.45. The highest BCUT2D eigenvalue weighted by Crippen LogP contribution is 2.22. The molecular formula is C19H23FN4O3. The van der Waals surface area contributed by atoms with Crippen molar-refractivity contribution in [2.75, 3.05) is 33.3 Å². The maximum Gasteiger partial charge on any atom is 0.257 e. The smallest absolute Gasteiger partial charge is 0.257 e. The molecule has 1 aromatic heterocycles. The van der Waals surface area contributed by atoms with E-state index in [4.69, 9.17) is 4.74 Å². The lowest BCUT2D eigenvalue weighted by Gasteiger charge is -2.23. The molecule has 1 fully saturated rings. The molecule has 7 nitrogen and oxygen atoms in total. The molecule has 8 heteroatoms. The lowest BCUT2D eigenvalue weighted by Crippen LogP contribution is -2.37. The summed E-state index contributed by atoms with van der Waals surface area (Å²) in [5.41, 5.74) is 1.20. The Balaban J connectivity index is 1.60. The van der Waals surface area contributed by atoms with Gasteiger partial charge in [0.15, 0.2) is 0 Å². The van der Waals surface area contributed by atoms with E-state index in [1.165, 1.54) is 25.3 Å². The number of H-pyrrole nitrogens is 1. The Morgan fingerprint density at radius 3 is 2.74 bits per heavy atom. The van der Waals surface area contributed by atoms with Gasteiger partial charge in [-0.2, -0.15) is 5.10 Å². The fourth-order valence-corrected chi connectivity index (χ4v) is 3.21. The van der Waals surface area contributed by atoms with Gasteiger partial charge in [0.2, 0.25) is 5.91 Å². The van der Waals surface area contributed by atoms with Gasteiger partial charge in [-0.1, -0.05) is 0 Å². The lowest BCUT2D eigenvalue weighted by molar-refractivity contribution is -0.131. The first-order valence-electron chi connectivity index (χ1n) is 8.96. The van der Waals surface area contributed by atoms with Crippen LogP contribution in [0.3, 0.4) is 0 Å². The Morgan fingerprint density at radius 2 is 2.00 bits per heavy atom. The van der Waals surface area contributed by atoms with Crippen LogP contribution in [-0.4, -0.2) is 65.1 Å². The zero-order valence-corrected chi connectivity index (χ0v) is 15.3. The van der Waals surface area contributed by atoms with Crippen LogP contribution in [0.1, 0.15) is 28.8 Å². The van der Waals surface area contributed by atoms with Crippen molar-refractivity contribution in [2.45, 2.75) is 19.3 Å². The minimum absolute atomic E-state index is 0.0637. The molecule has 1 saturated heterocycles. The summed E-state index contributed by atoms with van der Waals surface area (Å²) in [4.78, 5) is 28.7. The van der Waals surface area contributed by atoms with E-state index in [-0.39, 0.29) is 17.4 Å². The number of ether oxygens (including phenoxy) is 1. The number of hydrogen-bond donors (Lipinski definition) is 1. The van der Waals surface area contributed by atoms with Gasteiger partial charge in [-0.05, 0) is 36.6 Å². The number of aromatic amines is 1. The van der Waals surface area contributed by atoms with Crippen LogP contribution in [0.25, 0.3) is 0 Å². The van der Waals surface area contributed by atoms with Gasteiger partial charge in [0.1, 0.15) is 11.6 Å². The van der Waals surface area contributed by atoms with Crippen LogP contribution in [0.5, 0.6) is 5.75 Å². The minimum atomic E-state index is -0.481. The van der Waals surface area contributed by atoms with Crippen molar-refractivity contribution in [3.63, 3.8) is 0 Å². The fourth-order valence-electron chi connectivity index (χ4n) is 3.21. The Morgan fingerprint density at radius 1 is 1.22 bits per heavy atom. The number of methoxy groups -OCH3 is 1. The van der Waals surface area contributed by atoms with Crippen LogP contribution in [0.15, 0.2) is 30.6 Å². The van der Waals surface area contributed by atoms with E-state index >= 15 is 0 Å². The van der Waals surface area contributed by atoms with E-state index in [0.29, 0.717) is 51.2 Å². The van der Waals surface area contributed by atoms with Crippen molar-refractivity contribution in [2.24, 2.45) is 0 Å². The molecule has 1 aromatic carbocycles. The van der Waals surface area contributed by atoms with Crippen LogP contribution < -0.4 is 4.74 Å². The van der Waals surface area contributed by atoms with Gasteiger partial charge in [-0.3, -0.25) is 14.7 Å². The molecule has 2 aromatic rings. The second-order valence-electron chi connectivity index (χ2n) is 6.48. The second-order valence-corrected chi connectivity index (χ2v) is 6.48. The second kappa shape index (κ2) is 8.66. The average molecular weight is 374 g/mol. The molecule has 0 radical (unpaired) electrons. The molecule has 1 N–H and O–H groups in total. The van der Waals surface area contributed by atoms with Gasteiger partial charge in [0.05, 0.1) is 18.9 Å². The maximum absolute atomic E-state index is 13.6. The third-order valence-corrected chi connectivity index (χ3v) is 4.71. The van der Waals surface area contributed by atoms with Crippen molar-refractivity contribution in [1.82, 2.24) is 20.0 Å². The van der Waals surface area contributed by atoms with Gasteiger partial charge < -0.3 is 14.5 Å². The molecule has 2 amide bonds. The number of carbonyl (C=O) groups excluding carboxylic acids is 2. The predicted octanol–water partition coefficient (Wildman–Crippen LogP) is 1.86. The van der Waals surface area contributed by atoms with Gasteiger partial charge in [-0.15, -0.1) is 0 Å². The van der Waals surface area contributed by atoms with Crippen molar-refractivity contribution < 1.29 is 18.7 Å². The summed E-state index contributed by atoms with van der Waals surface area (Å²) in [6, 6.07) is 3.91. The highest BCUT2D eigenvalue weighted by molar-refractivity contribution is 5.97. The highest BCUT2D eigenvalue weighted by atomic mass is 19.1. The number of halogens is 1. The number of nitrogens with zero attached hydrogens (tertiary/aromatic N) is 3. The van der Waals surface area contributed by atoms with Crippen LogP contribution in [0.2, 0.25) is 0 Å². The van der Waals surface area contributed by atoms with Crippen LogP contribution in [0, 0.1) is 5.82 Å². The average Bonchev–Trinajstić information content (AvgIpc) is 3.08. The molecule has 3 rings (SSSR count). The largest absolute Gasteiger partial charge is 0.496 e. The Labute approximate surface area is 157 Å². The van der Waals surface area contributed by atoms with Crippen molar-refractivity contribution in [3.05, 3.63) is 47.5 Å². The van der Waals surface area contributed by atoms with E-state index < -0.39 is 5.82 Å². The summed E-state index contributed by atoms with van der Waals surface area (Å²) < 4.78 is 18.8. The SMILES string of the molecule is COc1ccc(F)cc1C(=O)N1CCCN(C(=O)CCc2cn[nH]c2)CC1. The fraction of sp³-hybridized carbons (Fsp3) is 0.421. The third-order valence-electron chi connectivity index (χ3n) is 4.71. The summed E-state index contributed by atoms with van der Waals surface area (Å²) in [5, 5.41) is 6.61. The Kier molecular flexibility index (Phi) is 6.05. The summed E-state index contributed by atoms with van der Waals surface area (Å²) in [5.74, 6) is -0.350. The van der Waals surface area contributed by atoms with E-state index in [2.05, 4.69) is 10.2 Å². The Bertz CT molecular complexity index is 794. The van der Waals surface area contributed by atoms with Crippen molar-refractivity contribution in [3.8, 4) is 5.75 Å². The summed E-state index contributed by atoms with van der Waals surface area (Å²) in [6.45, 7) is 2.00. The van der Waals surface area contributed by atoms with Crippen LogP contribution in [-0.2, 0) is 11.2 Å². The number of hydrogen-bond acceptors (Lipinski definition) is 4. The number of amides is 2. The van der Waals surface area contributed by atoms with Gasteiger partial charge in [0.25, 0.3) is 5.91 Å². The molecule has 2 heterocycles. The first kappa shape index (κ1) is 18.9. The lowest BCUT2D eigenvalue weighted by atomic mass is 10.1. The van der Waals surface area contributed by atoms with Crippen LogP contribution >= 0.6 is 0 Å². The minimum Gasteiger partial charge on any atom is -0.496 e. The highest BCUT2D eigenvalue weighted by Gasteiger charge is 2.25. The Hall–Kier alpha value is -2.90. The maximum atomic E-state index is 13.6. The standard InChI is InChI=1S/C19H23FN4O3/c1-27-17-5-4-15(20)11-16(17)19(26)24-8-2-7-23(9-10-24)18(25)6-3-14-12-21-22-13-14/h4-5,11-13H,2-3,6-10H2,1H3,(H,21,22). The summed E-state index contributed by atoms with van der Waals surface area (Å²) >= 11 is 0. The zero-order valence-electron chi connectivity index (χ0n) is 15.3. The number of benzene rings is 1. The molecule has 0 atom stereocenters. The number of carbonyl (C=O) groups is 2. The first-order chi connectivity index (χ1) is 13.1. The predicted molar refractivity (Wildman–Crippen MR) is 97.0 cm³/mol. The molecule has 27 heavy (non-hydrogen) atoms. The molecule has 0 aliphatic carbocycles. The van der Waals surface area contributed by atoms with Crippen molar-refractivity contribution >= 4 is 11.8 Å². The topological polar surface area (TPSA) is 78.5 Å². The molecule has 0 saturated carbocycles. The van der Waals surface area contributed by atoms with E-state index in [1.54, 1.807) is 22.2 Å². The number of rotatable bonds is 5.